The van der Waals surface area contributed by atoms with Gasteiger partial charge in [-0.25, -0.2) is 0 Å². The molecule has 0 unspecified atom stereocenters. The lowest BCUT2D eigenvalue weighted by molar-refractivity contribution is 0.867. The summed E-state index contributed by atoms with van der Waals surface area (Å²) in [5.74, 6) is 1.52. The van der Waals surface area contributed by atoms with Gasteiger partial charge in [-0.3, -0.25) is 0 Å². The number of benzene rings is 3. The van der Waals surface area contributed by atoms with Crippen LogP contribution in [0.1, 0.15) is 102 Å². The summed E-state index contributed by atoms with van der Waals surface area (Å²) in [4.78, 5) is 0. The van der Waals surface area contributed by atoms with Gasteiger partial charge in [0.2, 0.25) is 0 Å². The summed E-state index contributed by atoms with van der Waals surface area (Å²) < 4.78 is 0. The Morgan fingerprint density at radius 2 is 1.06 bits per heavy atom. The van der Waals surface area contributed by atoms with E-state index in [9.17, 15) is 0 Å². The molecule has 1 heteroatoms. The summed E-state index contributed by atoms with van der Waals surface area (Å²) in [7, 11) is -2.48. The van der Waals surface area contributed by atoms with Crippen molar-refractivity contribution >= 4 is 23.6 Å². The molecule has 188 valence electrons. The minimum Gasteiger partial charge on any atom is -0.0776 e. The molecule has 3 aromatic rings. The van der Waals surface area contributed by atoms with E-state index in [0.717, 1.165) is 12.8 Å². The molecule has 0 bridgehead atoms. The maximum absolute atomic E-state index is 2.59. The molecule has 0 N–H and O–H groups in total. The summed E-state index contributed by atoms with van der Waals surface area (Å²) in [5, 5.41) is 6.20. The van der Waals surface area contributed by atoms with Crippen LogP contribution >= 0.6 is 0 Å². The molecular weight excluding hydrogens is 448 g/mol. The van der Waals surface area contributed by atoms with E-state index < -0.39 is 8.07 Å². The van der Waals surface area contributed by atoms with Crippen LogP contribution in [0.4, 0.5) is 0 Å². The van der Waals surface area contributed by atoms with E-state index in [-0.39, 0.29) is 0 Å². The predicted octanol–water partition coefficient (Wildman–Crippen LogP) is 8.12. The molecule has 0 saturated heterocycles. The fourth-order valence-electron chi connectivity index (χ4n) is 5.76. The first-order valence-corrected chi connectivity index (χ1v) is 16.0. The van der Waals surface area contributed by atoms with Crippen molar-refractivity contribution in [2.24, 2.45) is 0 Å². The van der Waals surface area contributed by atoms with Crippen LogP contribution < -0.4 is 15.6 Å². The molecule has 0 aliphatic heterocycles. The molecule has 4 rings (SSSR count). The van der Waals surface area contributed by atoms with Gasteiger partial charge in [0.1, 0.15) is 0 Å². The van der Waals surface area contributed by atoms with E-state index in [1.807, 2.05) is 0 Å². The van der Waals surface area contributed by atoms with E-state index in [1.165, 1.54) is 44.2 Å². The SMILES string of the molecule is CCCC1=CCC([Si](c2cccc(C(C)C)c2)(c2cccc(C(C)C)c2)c2cccc(C(C)C)c2)=C1. The Hall–Kier alpha value is -2.64. The maximum atomic E-state index is 2.59. The third-order valence-electron chi connectivity index (χ3n) is 7.92. The second kappa shape index (κ2) is 11.2. The van der Waals surface area contributed by atoms with Gasteiger partial charge >= 0.3 is 0 Å². The Bertz CT molecular complexity index is 1130. The highest BCUT2D eigenvalue weighted by Crippen LogP contribution is 2.31. The molecule has 3 aromatic carbocycles. The van der Waals surface area contributed by atoms with Crippen LogP contribution in [0.5, 0.6) is 0 Å². The van der Waals surface area contributed by atoms with Gasteiger partial charge in [-0.05, 0) is 62.8 Å². The van der Waals surface area contributed by atoms with Gasteiger partial charge in [-0.2, -0.15) is 0 Å². The quantitative estimate of drug-likeness (QED) is 0.209. The molecule has 0 atom stereocenters. The van der Waals surface area contributed by atoms with Crippen molar-refractivity contribution in [3.63, 3.8) is 0 Å². The molecule has 0 amide bonds. The van der Waals surface area contributed by atoms with Gasteiger partial charge in [-0.1, -0.05) is 151 Å². The average Bonchev–Trinajstić information content (AvgIpc) is 3.34. The van der Waals surface area contributed by atoms with Crippen LogP contribution in [0, 0.1) is 0 Å². The predicted molar refractivity (Wildman–Crippen MR) is 162 cm³/mol. The monoisotopic (exact) mass is 492 g/mol. The second-order valence-electron chi connectivity index (χ2n) is 11.5. The normalized spacial score (nSPS) is 14.1. The fourth-order valence-corrected chi connectivity index (χ4v) is 10.9. The highest BCUT2D eigenvalue weighted by atomic mass is 28.3. The number of allylic oxidation sites excluding steroid dienone is 4. The summed E-state index contributed by atoms with van der Waals surface area (Å²) >= 11 is 0. The largest absolute Gasteiger partial charge is 0.175 e. The molecule has 0 aromatic heterocycles. The van der Waals surface area contributed by atoms with E-state index in [0.29, 0.717) is 17.8 Å². The third kappa shape index (κ3) is 5.09. The Kier molecular flexibility index (Phi) is 8.20. The average molecular weight is 493 g/mol. The number of hydrogen-bond acceptors (Lipinski definition) is 0. The van der Waals surface area contributed by atoms with Gasteiger partial charge in [0.05, 0.1) is 0 Å². The second-order valence-corrected chi connectivity index (χ2v) is 15.4. The molecule has 0 radical (unpaired) electrons. The lowest BCUT2D eigenvalue weighted by atomic mass is 10.0. The molecule has 0 nitrogen and oxygen atoms in total. The Balaban J connectivity index is 2.11. The summed E-state index contributed by atoms with van der Waals surface area (Å²) in [6.07, 6.45) is 8.51. The molecule has 0 fully saturated rings. The van der Waals surface area contributed by atoms with Crippen molar-refractivity contribution in [1.82, 2.24) is 0 Å². The fraction of sp³-hybridized carbons (Fsp3) is 0.371. The highest BCUT2D eigenvalue weighted by Gasteiger charge is 2.44. The number of hydrogen-bond donors (Lipinski definition) is 0. The summed E-state index contributed by atoms with van der Waals surface area (Å²) in [6.45, 7) is 16.2. The van der Waals surface area contributed by atoms with Crippen molar-refractivity contribution in [1.29, 1.82) is 0 Å². The molecule has 1 aliphatic rings. The first kappa shape index (κ1) is 26.4. The minimum atomic E-state index is -2.48. The molecule has 0 saturated carbocycles. The van der Waals surface area contributed by atoms with E-state index in [1.54, 1.807) is 5.20 Å². The van der Waals surface area contributed by atoms with Gasteiger partial charge in [0.15, 0.2) is 8.07 Å². The minimum absolute atomic E-state index is 0.506. The van der Waals surface area contributed by atoms with Crippen LogP contribution in [0.2, 0.25) is 0 Å². The first-order valence-electron chi connectivity index (χ1n) is 14.0. The van der Waals surface area contributed by atoms with Crippen molar-refractivity contribution in [2.75, 3.05) is 0 Å². The van der Waals surface area contributed by atoms with E-state index in [4.69, 9.17) is 0 Å². The maximum Gasteiger partial charge on any atom is 0.175 e. The van der Waals surface area contributed by atoms with Crippen molar-refractivity contribution in [3.8, 4) is 0 Å². The Morgan fingerprint density at radius 1 is 0.639 bits per heavy atom. The lowest BCUT2D eigenvalue weighted by Gasteiger charge is -2.37. The molecule has 36 heavy (non-hydrogen) atoms. The highest BCUT2D eigenvalue weighted by molar-refractivity contribution is 7.16. The van der Waals surface area contributed by atoms with Crippen LogP contribution in [-0.2, 0) is 0 Å². The third-order valence-corrected chi connectivity index (χ3v) is 12.8. The Morgan fingerprint density at radius 3 is 1.42 bits per heavy atom. The van der Waals surface area contributed by atoms with Gasteiger partial charge in [0.25, 0.3) is 0 Å². The first-order chi connectivity index (χ1) is 17.3. The zero-order valence-electron chi connectivity index (χ0n) is 23.4. The topological polar surface area (TPSA) is 0 Å². The van der Waals surface area contributed by atoms with Gasteiger partial charge in [-0.15, -0.1) is 0 Å². The van der Waals surface area contributed by atoms with Crippen LogP contribution in [-0.4, -0.2) is 8.07 Å². The lowest BCUT2D eigenvalue weighted by Crippen LogP contribution is -2.68. The van der Waals surface area contributed by atoms with Crippen LogP contribution in [0.25, 0.3) is 0 Å². The molecular formula is C35H44Si. The van der Waals surface area contributed by atoms with Gasteiger partial charge in [0, 0.05) is 0 Å². The van der Waals surface area contributed by atoms with Crippen LogP contribution in [0.3, 0.4) is 0 Å². The van der Waals surface area contributed by atoms with Gasteiger partial charge < -0.3 is 0 Å². The zero-order chi connectivity index (χ0) is 25.9. The van der Waals surface area contributed by atoms with Crippen LogP contribution in [0.15, 0.2) is 95.7 Å². The molecule has 1 aliphatic carbocycles. The Labute approximate surface area is 221 Å². The zero-order valence-corrected chi connectivity index (χ0v) is 24.4. The van der Waals surface area contributed by atoms with Crippen molar-refractivity contribution in [2.45, 2.75) is 85.5 Å². The summed E-state index contributed by atoms with van der Waals surface area (Å²) in [5.41, 5.74) is 5.82. The van der Waals surface area contributed by atoms with Crippen molar-refractivity contribution in [3.05, 3.63) is 112 Å². The molecule has 0 spiro atoms. The molecule has 0 heterocycles. The summed E-state index contributed by atoms with van der Waals surface area (Å²) in [6, 6.07) is 28.8. The smallest absolute Gasteiger partial charge is 0.0776 e. The number of rotatable bonds is 9. The standard InChI is InChI=1S/C35H44Si/c1-8-12-28-19-20-35(21-28)36(32-16-9-13-29(22-32)25(2)3,33-17-10-14-30(23-33)26(4)5)34-18-11-15-31(24-34)27(6)7/h9-11,13-19,21-27H,8,12,20H2,1-7H3. The van der Waals surface area contributed by atoms with Crippen molar-refractivity contribution < 1.29 is 0 Å². The van der Waals surface area contributed by atoms with E-state index >= 15 is 0 Å². The van der Waals surface area contributed by atoms with E-state index in [2.05, 4.69) is 133 Å².